The van der Waals surface area contributed by atoms with Crippen molar-refractivity contribution in [3.05, 3.63) is 22.9 Å². The van der Waals surface area contributed by atoms with E-state index in [2.05, 4.69) is 30.2 Å². The molecule has 0 spiro atoms. The van der Waals surface area contributed by atoms with Crippen LogP contribution in [-0.2, 0) is 0 Å². The Balaban J connectivity index is 2.22. The first-order valence-corrected chi connectivity index (χ1v) is 6.56. The number of anilines is 1. The zero-order valence-electron chi connectivity index (χ0n) is 11.7. The first kappa shape index (κ1) is 12.9. The van der Waals surface area contributed by atoms with Gasteiger partial charge in [-0.15, -0.1) is 0 Å². The van der Waals surface area contributed by atoms with Crippen LogP contribution >= 0.6 is 0 Å². The van der Waals surface area contributed by atoms with Gasteiger partial charge in [-0.05, 0) is 50.2 Å². The van der Waals surface area contributed by atoms with Crippen LogP contribution in [0, 0.1) is 30.6 Å². The molecular formula is C15H21N3. The second-order valence-corrected chi connectivity index (χ2v) is 6.16. The number of hydrogen-bond donors (Lipinski definition) is 1. The minimum atomic E-state index is 0.406. The Hall–Kier alpha value is -1.56. The molecule has 1 aliphatic carbocycles. The highest BCUT2D eigenvalue weighted by Crippen LogP contribution is 2.38. The number of nitrogens with zero attached hydrogens (tertiary/aromatic N) is 2. The van der Waals surface area contributed by atoms with Crippen LogP contribution in [0.1, 0.15) is 49.9 Å². The lowest BCUT2D eigenvalue weighted by molar-refractivity contribution is 0.378. The molecule has 1 saturated carbocycles. The second kappa shape index (κ2) is 4.61. The van der Waals surface area contributed by atoms with Crippen LogP contribution in [-0.4, -0.2) is 11.0 Å². The predicted molar refractivity (Wildman–Crippen MR) is 73.5 cm³/mol. The number of aromatic nitrogens is 1. The Morgan fingerprint density at radius 2 is 2.17 bits per heavy atom. The van der Waals surface area contributed by atoms with E-state index in [0.717, 1.165) is 29.9 Å². The fraction of sp³-hybridized carbons (Fsp3) is 0.600. The Morgan fingerprint density at radius 3 is 2.72 bits per heavy atom. The van der Waals surface area contributed by atoms with Crippen LogP contribution in [0.3, 0.4) is 0 Å². The van der Waals surface area contributed by atoms with Crippen molar-refractivity contribution >= 4 is 5.82 Å². The number of nitrogens with one attached hydrogen (secondary N) is 1. The van der Waals surface area contributed by atoms with Crippen LogP contribution in [0.2, 0.25) is 0 Å². The monoisotopic (exact) mass is 243 g/mol. The molecule has 1 fully saturated rings. The molecule has 0 bridgehead atoms. The molecule has 0 aliphatic heterocycles. The number of pyridine rings is 1. The molecule has 2 rings (SSSR count). The highest BCUT2D eigenvalue weighted by molar-refractivity contribution is 5.56. The van der Waals surface area contributed by atoms with Crippen LogP contribution in [0.25, 0.3) is 0 Å². The van der Waals surface area contributed by atoms with Gasteiger partial charge in [-0.2, -0.15) is 5.26 Å². The number of rotatable bonds is 2. The summed E-state index contributed by atoms with van der Waals surface area (Å²) in [4.78, 5) is 4.48. The summed E-state index contributed by atoms with van der Waals surface area (Å²) < 4.78 is 0. The van der Waals surface area contributed by atoms with Gasteiger partial charge in [0.2, 0.25) is 0 Å². The van der Waals surface area contributed by atoms with Gasteiger partial charge < -0.3 is 5.32 Å². The average Bonchev–Trinajstić information content (AvgIpc) is 2.57. The highest BCUT2D eigenvalue weighted by Gasteiger charge is 2.31. The molecule has 0 aromatic carbocycles. The molecule has 0 saturated heterocycles. The van der Waals surface area contributed by atoms with Crippen molar-refractivity contribution < 1.29 is 0 Å². The fourth-order valence-electron chi connectivity index (χ4n) is 2.84. The van der Waals surface area contributed by atoms with Gasteiger partial charge in [-0.25, -0.2) is 4.98 Å². The Labute approximate surface area is 109 Å². The first-order valence-electron chi connectivity index (χ1n) is 6.56. The summed E-state index contributed by atoms with van der Waals surface area (Å²) in [6.45, 7) is 8.54. The minimum Gasteiger partial charge on any atom is -0.366 e. The van der Waals surface area contributed by atoms with E-state index in [1.807, 2.05) is 19.9 Å². The van der Waals surface area contributed by atoms with Gasteiger partial charge in [0.25, 0.3) is 0 Å². The molecule has 18 heavy (non-hydrogen) atoms. The molecule has 1 heterocycles. The third kappa shape index (κ3) is 2.64. The molecule has 1 atom stereocenters. The van der Waals surface area contributed by atoms with E-state index in [1.54, 1.807) is 0 Å². The summed E-state index contributed by atoms with van der Waals surface area (Å²) in [5.41, 5.74) is 3.06. The predicted octanol–water partition coefficient (Wildman–Crippen LogP) is 3.56. The molecule has 0 radical (unpaired) electrons. The topological polar surface area (TPSA) is 48.7 Å². The Morgan fingerprint density at radius 1 is 1.44 bits per heavy atom. The van der Waals surface area contributed by atoms with Crippen molar-refractivity contribution in [3.8, 4) is 6.07 Å². The standard InChI is InChI=1S/C15H21N3/c1-10-7-11(2)17-14(13(10)9-16)18-12-5-6-15(3,4)8-12/h7,12H,5-6,8H2,1-4H3,(H,17,18). The van der Waals surface area contributed by atoms with Gasteiger partial charge in [-0.1, -0.05) is 13.8 Å². The van der Waals surface area contributed by atoms with Crippen molar-refractivity contribution in [1.29, 1.82) is 5.26 Å². The smallest absolute Gasteiger partial charge is 0.144 e. The van der Waals surface area contributed by atoms with Gasteiger partial charge in [0.05, 0.1) is 5.56 Å². The van der Waals surface area contributed by atoms with Gasteiger partial charge in [0, 0.05) is 11.7 Å². The van der Waals surface area contributed by atoms with Crippen molar-refractivity contribution in [2.24, 2.45) is 5.41 Å². The SMILES string of the molecule is Cc1cc(C)c(C#N)c(NC2CCC(C)(C)C2)n1. The van der Waals surface area contributed by atoms with Crippen LogP contribution in [0.15, 0.2) is 6.07 Å². The first-order chi connectivity index (χ1) is 8.41. The zero-order valence-corrected chi connectivity index (χ0v) is 11.7. The molecule has 96 valence electrons. The summed E-state index contributed by atoms with van der Waals surface area (Å²) in [5.74, 6) is 0.762. The van der Waals surface area contributed by atoms with E-state index in [1.165, 1.54) is 6.42 Å². The van der Waals surface area contributed by atoms with E-state index in [4.69, 9.17) is 0 Å². The van der Waals surface area contributed by atoms with Gasteiger partial charge >= 0.3 is 0 Å². The molecule has 1 aliphatic rings. The maximum Gasteiger partial charge on any atom is 0.144 e. The van der Waals surface area contributed by atoms with Crippen molar-refractivity contribution in [2.75, 3.05) is 5.32 Å². The highest BCUT2D eigenvalue weighted by atomic mass is 15.0. The van der Waals surface area contributed by atoms with Gasteiger partial charge in [0.1, 0.15) is 11.9 Å². The van der Waals surface area contributed by atoms with Crippen molar-refractivity contribution in [3.63, 3.8) is 0 Å². The lowest BCUT2D eigenvalue weighted by atomic mass is 9.92. The molecule has 1 aromatic rings. The molecule has 1 unspecified atom stereocenters. The molecule has 1 aromatic heterocycles. The van der Waals surface area contributed by atoms with Crippen molar-refractivity contribution in [1.82, 2.24) is 4.98 Å². The lowest BCUT2D eigenvalue weighted by Crippen LogP contribution is -2.19. The summed E-state index contributed by atoms with van der Waals surface area (Å²) >= 11 is 0. The number of nitriles is 1. The maximum atomic E-state index is 9.24. The Kier molecular flexibility index (Phi) is 3.30. The van der Waals surface area contributed by atoms with E-state index >= 15 is 0 Å². The normalized spacial score (nSPS) is 21.6. The molecule has 3 heteroatoms. The third-order valence-corrected chi connectivity index (χ3v) is 3.77. The van der Waals surface area contributed by atoms with Gasteiger partial charge in [-0.3, -0.25) is 0 Å². The third-order valence-electron chi connectivity index (χ3n) is 3.77. The largest absolute Gasteiger partial charge is 0.366 e. The quantitative estimate of drug-likeness (QED) is 0.864. The van der Waals surface area contributed by atoms with Crippen LogP contribution in [0.4, 0.5) is 5.82 Å². The van der Waals surface area contributed by atoms with Crippen molar-refractivity contribution in [2.45, 2.75) is 53.0 Å². The zero-order chi connectivity index (χ0) is 13.3. The fourth-order valence-corrected chi connectivity index (χ4v) is 2.84. The molecule has 3 nitrogen and oxygen atoms in total. The van der Waals surface area contributed by atoms with E-state index in [0.29, 0.717) is 17.0 Å². The van der Waals surface area contributed by atoms with E-state index in [9.17, 15) is 5.26 Å². The average molecular weight is 243 g/mol. The Bertz CT molecular complexity index is 497. The summed E-state index contributed by atoms with van der Waals surface area (Å²) in [6.07, 6.45) is 3.54. The summed E-state index contributed by atoms with van der Waals surface area (Å²) in [5, 5.41) is 12.7. The number of hydrogen-bond acceptors (Lipinski definition) is 3. The van der Waals surface area contributed by atoms with Crippen LogP contribution < -0.4 is 5.32 Å². The van der Waals surface area contributed by atoms with Crippen LogP contribution in [0.5, 0.6) is 0 Å². The summed E-state index contributed by atoms with van der Waals surface area (Å²) in [6, 6.07) is 4.67. The number of aryl methyl sites for hydroxylation is 2. The molecule has 1 N–H and O–H groups in total. The summed E-state index contributed by atoms with van der Waals surface area (Å²) in [7, 11) is 0. The van der Waals surface area contributed by atoms with Gasteiger partial charge in [0.15, 0.2) is 0 Å². The van der Waals surface area contributed by atoms with E-state index in [-0.39, 0.29) is 0 Å². The maximum absolute atomic E-state index is 9.24. The molecule has 0 amide bonds. The second-order valence-electron chi connectivity index (χ2n) is 6.16. The molecular weight excluding hydrogens is 222 g/mol. The van der Waals surface area contributed by atoms with E-state index < -0.39 is 0 Å². The minimum absolute atomic E-state index is 0.406. The lowest BCUT2D eigenvalue weighted by Gasteiger charge is -2.19.